The molecule has 0 aliphatic carbocycles. The number of amides is 2. The average Bonchev–Trinajstić information content (AvgIpc) is 3.03. The van der Waals surface area contributed by atoms with Gasteiger partial charge in [-0.2, -0.15) is 0 Å². The van der Waals surface area contributed by atoms with Gasteiger partial charge in [0, 0.05) is 34.3 Å². The van der Waals surface area contributed by atoms with Crippen LogP contribution in [-0.4, -0.2) is 41.9 Å². The van der Waals surface area contributed by atoms with E-state index < -0.39 is 26.0 Å². The summed E-state index contributed by atoms with van der Waals surface area (Å²) < 4.78 is 66.6. The lowest BCUT2D eigenvalue weighted by Crippen LogP contribution is -2.30. The number of hydrogen-bond acceptors (Lipinski definition) is 8. The molecule has 49 heavy (non-hydrogen) atoms. The van der Waals surface area contributed by atoms with E-state index in [0.717, 1.165) is 12.1 Å². The van der Waals surface area contributed by atoms with Crippen LogP contribution in [0.25, 0.3) is 0 Å². The van der Waals surface area contributed by atoms with Crippen molar-refractivity contribution in [3.05, 3.63) is 105 Å². The first kappa shape index (κ1) is 38.1. The predicted molar refractivity (Wildman–Crippen MR) is 190 cm³/mol. The van der Waals surface area contributed by atoms with Crippen molar-refractivity contribution in [3.8, 4) is 11.5 Å². The Morgan fingerprint density at radius 3 is 1.51 bits per heavy atom. The van der Waals surface area contributed by atoms with E-state index in [-0.39, 0.29) is 53.9 Å². The van der Waals surface area contributed by atoms with Crippen molar-refractivity contribution in [3.63, 3.8) is 0 Å². The molecule has 0 aliphatic rings. The van der Waals surface area contributed by atoms with E-state index in [1.807, 2.05) is 4.72 Å². The number of carbonyl (C=O) groups is 2. The molecule has 4 aromatic carbocycles. The fourth-order valence-corrected chi connectivity index (χ4v) is 7.13. The minimum absolute atomic E-state index is 0.0859. The minimum Gasteiger partial charge on any atom is -0.492 e. The smallest absolute Gasteiger partial charge is 0.264 e. The van der Waals surface area contributed by atoms with Gasteiger partial charge < -0.3 is 14.8 Å². The Balaban J connectivity index is 1.21. The summed E-state index contributed by atoms with van der Waals surface area (Å²) in [7, 11) is -8.27. The van der Waals surface area contributed by atoms with Crippen LogP contribution in [0.15, 0.2) is 94.7 Å². The molecule has 4 aromatic rings. The topological polar surface area (TPSA) is 157 Å². The Labute approximate surface area is 303 Å². The van der Waals surface area contributed by atoms with Crippen LogP contribution in [0.5, 0.6) is 11.5 Å². The molecule has 0 aliphatic heterocycles. The normalized spacial score (nSPS) is 11.4. The number of sulfonamides is 2. The van der Waals surface area contributed by atoms with Crippen LogP contribution in [-0.2, 0) is 29.6 Å². The number of anilines is 2. The number of benzene rings is 4. The van der Waals surface area contributed by atoms with Crippen LogP contribution >= 0.6 is 46.4 Å². The van der Waals surface area contributed by atoms with Gasteiger partial charge in [0.25, 0.3) is 20.0 Å². The van der Waals surface area contributed by atoms with Gasteiger partial charge in [0.1, 0.15) is 11.5 Å². The number of rotatable bonds is 16. The Morgan fingerprint density at radius 1 is 0.571 bits per heavy atom. The van der Waals surface area contributed by atoms with Crippen molar-refractivity contribution in [1.82, 2.24) is 4.72 Å². The highest BCUT2D eigenvalue weighted by Crippen LogP contribution is 2.29. The van der Waals surface area contributed by atoms with Gasteiger partial charge in [0.05, 0.1) is 33.0 Å². The molecule has 3 N–H and O–H groups in total. The molecule has 2 amide bonds. The molecule has 11 nitrogen and oxygen atoms in total. The maximum atomic E-state index is 12.9. The monoisotopic (exact) mass is 787 g/mol. The van der Waals surface area contributed by atoms with Crippen LogP contribution < -0.4 is 24.2 Å². The quantitative estimate of drug-likeness (QED) is 0.0983. The van der Waals surface area contributed by atoms with E-state index in [2.05, 4.69) is 10.0 Å². The van der Waals surface area contributed by atoms with Crippen LogP contribution in [0.2, 0.25) is 20.1 Å². The largest absolute Gasteiger partial charge is 0.492 e. The summed E-state index contributed by atoms with van der Waals surface area (Å²) in [6.07, 6.45) is 0.634. The number of nitrogens with one attached hydrogen (secondary N) is 3. The molecule has 260 valence electrons. The molecule has 0 atom stereocenters. The van der Waals surface area contributed by atoms with Crippen LogP contribution in [0.4, 0.5) is 11.4 Å². The molecule has 0 bridgehead atoms. The summed E-state index contributed by atoms with van der Waals surface area (Å²) in [5, 5.41) is 4.29. The summed E-state index contributed by atoms with van der Waals surface area (Å²) in [5.74, 6) is -0.201. The van der Waals surface area contributed by atoms with E-state index >= 15 is 0 Å². The van der Waals surface area contributed by atoms with Crippen molar-refractivity contribution >= 4 is 89.6 Å². The Kier molecular flexibility index (Phi) is 13.4. The second kappa shape index (κ2) is 17.3. The van der Waals surface area contributed by atoms with Gasteiger partial charge in [0.15, 0.2) is 0 Å². The first-order valence-corrected chi connectivity index (χ1v) is 18.9. The average molecular weight is 790 g/mol. The minimum atomic E-state index is -4.22. The molecule has 0 saturated heterocycles. The lowest BCUT2D eigenvalue weighted by atomic mass is 10.2. The van der Waals surface area contributed by atoms with E-state index in [0.29, 0.717) is 43.7 Å². The molecule has 0 fully saturated rings. The maximum Gasteiger partial charge on any atom is 0.264 e. The van der Waals surface area contributed by atoms with Crippen molar-refractivity contribution in [2.24, 2.45) is 0 Å². The standard InChI is InChI=1S/C32H29Cl4N3O8S2/c33-21-5-15-29(27(35)19-21)46-17-1-3-31(40)37-23-7-11-25(12-8-23)48(42,43)38-24-9-13-26(14-10-24)49(44,45)39-32(41)4-2-18-47-30-16-6-22(34)20-28(30)36/h5-16,19-20,38H,1-4,17-18H2,(H,37,40)(H,39,41). The molecule has 0 saturated carbocycles. The lowest BCUT2D eigenvalue weighted by Gasteiger charge is -2.11. The van der Waals surface area contributed by atoms with Gasteiger partial charge in [-0.1, -0.05) is 46.4 Å². The molecule has 0 aromatic heterocycles. The maximum absolute atomic E-state index is 12.9. The third kappa shape index (κ3) is 11.7. The third-order valence-corrected chi connectivity index (χ3v) is 10.4. The van der Waals surface area contributed by atoms with Gasteiger partial charge in [-0.05, 0) is 97.8 Å². The molecule has 0 spiro atoms. The molecular weight excluding hydrogens is 760 g/mol. The SMILES string of the molecule is O=C(CCCOc1ccc(Cl)cc1Cl)Nc1ccc(S(=O)(=O)Nc2ccc(S(=O)(=O)NC(=O)CCCOc3ccc(Cl)cc3Cl)cc2)cc1. The van der Waals surface area contributed by atoms with Gasteiger partial charge in [0.2, 0.25) is 11.8 Å². The fraction of sp³-hybridized carbons (Fsp3) is 0.188. The second-order valence-electron chi connectivity index (χ2n) is 10.3. The summed E-state index contributed by atoms with van der Waals surface area (Å²) in [4.78, 5) is 24.2. The third-order valence-electron chi connectivity index (χ3n) is 6.51. The molecule has 0 radical (unpaired) electrons. The Morgan fingerprint density at radius 2 is 1.02 bits per heavy atom. The number of carbonyl (C=O) groups excluding carboxylic acids is 2. The number of ether oxygens (including phenoxy) is 2. The van der Waals surface area contributed by atoms with E-state index in [9.17, 15) is 26.4 Å². The number of hydrogen-bond donors (Lipinski definition) is 3. The van der Waals surface area contributed by atoms with E-state index in [1.165, 1.54) is 42.5 Å². The van der Waals surface area contributed by atoms with Gasteiger partial charge >= 0.3 is 0 Å². The first-order chi connectivity index (χ1) is 23.2. The molecule has 17 heteroatoms. The van der Waals surface area contributed by atoms with E-state index in [4.69, 9.17) is 55.9 Å². The summed E-state index contributed by atoms with van der Waals surface area (Å²) >= 11 is 23.8. The molecule has 0 heterocycles. The van der Waals surface area contributed by atoms with Gasteiger partial charge in [-0.3, -0.25) is 14.3 Å². The van der Waals surface area contributed by atoms with Crippen molar-refractivity contribution < 1.29 is 35.9 Å². The highest BCUT2D eigenvalue weighted by atomic mass is 35.5. The van der Waals surface area contributed by atoms with Gasteiger partial charge in [-0.15, -0.1) is 0 Å². The zero-order valence-corrected chi connectivity index (χ0v) is 30.1. The predicted octanol–water partition coefficient (Wildman–Crippen LogP) is 7.56. The van der Waals surface area contributed by atoms with Crippen molar-refractivity contribution in [1.29, 1.82) is 0 Å². The zero-order chi connectivity index (χ0) is 35.6. The van der Waals surface area contributed by atoms with Crippen LogP contribution in [0.1, 0.15) is 25.7 Å². The first-order valence-electron chi connectivity index (χ1n) is 14.5. The Hall–Kier alpha value is -3.72. The van der Waals surface area contributed by atoms with Crippen molar-refractivity contribution in [2.75, 3.05) is 23.3 Å². The molecular formula is C32H29Cl4N3O8S2. The summed E-state index contributed by atoms with van der Waals surface area (Å²) in [6, 6.07) is 19.9. The van der Waals surface area contributed by atoms with Gasteiger partial charge in [-0.25, -0.2) is 21.6 Å². The zero-order valence-electron chi connectivity index (χ0n) is 25.4. The fourth-order valence-electron chi connectivity index (χ4n) is 4.13. The second-order valence-corrected chi connectivity index (χ2v) is 15.3. The highest BCUT2D eigenvalue weighted by molar-refractivity contribution is 7.92. The molecule has 0 unspecified atom stereocenters. The highest BCUT2D eigenvalue weighted by Gasteiger charge is 2.19. The van der Waals surface area contributed by atoms with Crippen LogP contribution in [0, 0.1) is 0 Å². The van der Waals surface area contributed by atoms with E-state index in [1.54, 1.807) is 30.3 Å². The van der Waals surface area contributed by atoms with Crippen molar-refractivity contribution in [2.45, 2.75) is 35.5 Å². The number of halogens is 4. The molecule has 4 rings (SSSR count). The van der Waals surface area contributed by atoms with Crippen LogP contribution in [0.3, 0.4) is 0 Å². The Bertz CT molecular complexity index is 2010. The summed E-state index contributed by atoms with van der Waals surface area (Å²) in [5.41, 5.74) is 0.475. The lowest BCUT2D eigenvalue weighted by molar-refractivity contribution is -0.119. The summed E-state index contributed by atoms with van der Waals surface area (Å²) in [6.45, 7) is 0.359.